The number of ether oxygens (including phenoxy) is 1. The van der Waals surface area contributed by atoms with Gasteiger partial charge < -0.3 is 64.8 Å². The molecular weight excluding hydrogens is 1450 g/mol. The molecule has 3 heterocycles. The fourth-order valence-corrected chi connectivity index (χ4v) is 16.8. The minimum atomic E-state index is -5.22. The van der Waals surface area contributed by atoms with Gasteiger partial charge in [0.1, 0.15) is 72.1 Å². The summed E-state index contributed by atoms with van der Waals surface area (Å²) in [6, 6.07) is -11.5. The van der Waals surface area contributed by atoms with Crippen LogP contribution in [0.3, 0.4) is 0 Å². The maximum atomic E-state index is 15.5. The van der Waals surface area contributed by atoms with Gasteiger partial charge in [0.25, 0.3) is 0 Å². The second-order valence-corrected chi connectivity index (χ2v) is 31.9. The Labute approximate surface area is 643 Å². The fourth-order valence-electron chi connectivity index (χ4n) is 16.8. The van der Waals surface area contributed by atoms with Crippen molar-refractivity contribution >= 4 is 70.9 Å². The second-order valence-electron chi connectivity index (χ2n) is 31.9. The Morgan fingerprint density at radius 3 is 1.81 bits per heavy atom. The highest BCUT2D eigenvalue weighted by atomic mass is 19.4. The average Bonchev–Trinajstić information content (AvgIpc) is 1.23. The Bertz CT molecular complexity index is 3210. The number of alkyl halides is 8. The Kier molecular flexibility index (Phi) is 33.7. The maximum absolute atomic E-state index is 15.5. The lowest BCUT2D eigenvalue weighted by atomic mass is 9.74. The molecule has 33 heteroatoms. The predicted octanol–water partition coefficient (Wildman–Crippen LogP) is 7.52. The molecule has 3 saturated carbocycles. The molecule has 2 unspecified atom stereocenters. The molecule has 6 rings (SSSR count). The highest BCUT2D eigenvalue weighted by Crippen LogP contribution is 2.46. The molecule has 0 aromatic carbocycles. The Morgan fingerprint density at radius 1 is 0.627 bits per heavy atom. The van der Waals surface area contributed by atoms with Crippen LogP contribution in [0.15, 0.2) is 12.2 Å². The molecule has 2 saturated heterocycles. The van der Waals surface area contributed by atoms with Crippen LogP contribution in [0.5, 0.6) is 0 Å². The summed E-state index contributed by atoms with van der Waals surface area (Å²) in [6.45, 7) is 8.84. The average molecular weight is 1580 g/mol. The van der Waals surface area contributed by atoms with Gasteiger partial charge in [0, 0.05) is 82.5 Å². The second kappa shape index (κ2) is 40.5. The molecule has 12 amide bonds. The number of rotatable bonds is 18. The van der Waals surface area contributed by atoms with E-state index in [1.54, 1.807) is 46.8 Å². The quantitative estimate of drug-likeness (QED) is 0.0681. The molecule has 3 aliphatic heterocycles. The van der Waals surface area contributed by atoms with E-state index in [-0.39, 0.29) is 96.7 Å². The predicted molar refractivity (Wildman–Crippen MR) is 393 cm³/mol. The Morgan fingerprint density at radius 2 is 1.25 bits per heavy atom. The minimum Gasteiger partial charge on any atom is -0.377 e. The van der Waals surface area contributed by atoms with E-state index in [4.69, 9.17) is 4.74 Å². The zero-order valence-electron chi connectivity index (χ0n) is 66.8. The normalized spacial score (nSPS) is 30.7. The molecule has 5 fully saturated rings. The number of fused-ring (bicyclic) bond motifs is 3. The van der Waals surface area contributed by atoms with Crippen molar-refractivity contribution in [2.24, 2.45) is 35.5 Å². The van der Waals surface area contributed by atoms with Crippen molar-refractivity contribution in [1.82, 2.24) is 60.0 Å². The van der Waals surface area contributed by atoms with E-state index in [0.29, 0.717) is 38.5 Å². The van der Waals surface area contributed by atoms with Crippen molar-refractivity contribution in [3.8, 4) is 0 Å². The van der Waals surface area contributed by atoms with Gasteiger partial charge in [0.2, 0.25) is 70.9 Å². The lowest BCUT2D eigenvalue weighted by molar-refractivity contribution is -0.219. The molecule has 110 heavy (non-hydrogen) atoms. The van der Waals surface area contributed by atoms with Gasteiger partial charge in [0.15, 0.2) is 0 Å². The lowest BCUT2D eigenvalue weighted by Gasteiger charge is -2.47. The number of unbranched alkanes of at least 4 members (excludes halogenated alkanes) is 3. The van der Waals surface area contributed by atoms with Crippen LogP contribution in [0.25, 0.3) is 0 Å². The van der Waals surface area contributed by atoms with E-state index < -0.39 is 230 Å². The number of nitrogens with one attached hydrogen (secondary N) is 3. The van der Waals surface area contributed by atoms with Crippen LogP contribution in [0.2, 0.25) is 0 Å². The van der Waals surface area contributed by atoms with E-state index in [9.17, 15) is 45.5 Å². The molecule has 3 aliphatic carbocycles. The SMILES string of the molecule is CCCCCC[C@H]1C(=O)N[C@@H]([C@@H](C)CC)C(=O)N(C)CC(=O)N(C)[C@H]2C/C=C\CCN(C2=O)[C@@H](CC2CCC(C(F)(F)F)CC2)C(=O)N(C)CC(=O)N[C@@H](CCC2CC(F)C(C(F)(F)F)C(F)C2)C(=O)N2C[C@H](OCC)C[C@H]2C(=O)NC2(CCC2)C(=O)N(C)[C@@H](C(CC)CC)C(=O)N(C)[C@H](C(=O)N(C)C)CC(=O)N1C. The number of hydrogen-bond donors (Lipinski definition) is 3. The summed E-state index contributed by atoms with van der Waals surface area (Å²) < 4.78 is 121. The van der Waals surface area contributed by atoms with E-state index in [0.717, 1.165) is 37.3 Å². The standard InChI is InChI=1S/C77H122F8N12O13/c1-15-20-21-23-27-55-66(101)87-64(46(6)16-2)72(107)91(10)45-62(100)93(12)56-28-24-22-25-37-96(71(56)106)59(40-47-29-32-50(33-30-47)76(80,81)82)70(105)90(9)44-60(98)86-54(34-31-48-38-52(78)63(53(79)39-48)77(83,84)85)68(103)97-43-51(110-19-5)41-57(97)67(102)88-75(35-26-36-75)74(109)95(14)65(49(17-3)18-4)73(108)94(13)58(69(104)89(7)8)42-61(99)92(55)11/h22,24,46-59,63-65H,15-21,23,25-45H2,1-14H3,(H,86,98)(H,87,101)(H,88,102)/b24-22-/t46-,47?,48?,50?,51+,52?,53?,54-,55-,56-,57-,58-,59-,63?,64-,65-/m0/s1. The lowest BCUT2D eigenvalue weighted by Crippen LogP contribution is -2.68. The highest BCUT2D eigenvalue weighted by Gasteiger charge is 2.56. The minimum absolute atomic E-state index is 0.00592. The highest BCUT2D eigenvalue weighted by molar-refractivity contribution is 6.01. The van der Waals surface area contributed by atoms with Gasteiger partial charge in [-0.25, -0.2) is 8.78 Å². The first-order chi connectivity index (χ1) is 51.6. The van der Waals surface area contributed by atoms with Crippen molar-refractivity contribution in [2.45, 2.75) is 280 Å². The zero-order chi connectivity index (χ0) is 82.2. The summed E-state index contributed by atoms with van der Waals surface area (Å²) in [5.41, 5.74) is -1.71. The number of halogens is 8. The zero-order valence-corrected chi connectivity index (χ0v) is 66.8. The van der Waals surface area contributed by atoms with E-state index >= 15 is 47.1 Å². The van der Waals surface area contributed by atoms with Gasteiger partial charge in [-0.05, 0) is 127 Å². The monoisotopic (exact) mass is 1570 g/mol. The molecule has 12 atom stereocenters. The molecule has 6 aliphatic rings. The van der Waals surface area contributed by atoms with E-state index in [1.165, 1.54) is 76.0 Å². The van der Waals surface area contributed by atoms with Crippen LogP contribution in [0, 0.1) is 35.5 Å². The molecule has 3 N–H and O–H groups in total. The topological polar surface area (TPSA) is 279 Å². The van der Waals surface area contributed by atoms with Crippen molar-refractivity contribution in [2.75, 3.05) is 89.2 Å². The fraction of sp³-hybridized carbons (Fsp3) is 0.818. The molecule has 0 radical (unpaired) electrons. The third-order valence-electron chi connectivity index (χ3n) is 24.2. The van der Waals surface area contributed by atoms with Gasteiger partial charge in [0.05, 0.1) is 31.5 Å². The number of amides is 12. The van der Waals surface area contributed by atoms with Crippen molar-refractivity contribution in [3.63, 3.8) is 0 Å². The molecule has 624 valence electrons. The Hall–Kier alpha value is -7.22. The van der Waals surface area contributed by atoms with Crippen LogP contribution in [0.4, 0.5) is 35.1 Å². The van der Waals surface area contributed by atoms with Gasteiger partial charge in [-0.3, -0.25) is 57.5 Å². The van der Waals surface area contributed by atoms with Crippen LogP contribution in [-0.4, -0.2) is 289 Å². The number of carbonyl (C=O) groups excluding carboxylic acids is 12. The first-order valence-corrected chi connectivity index (χ1v) is 39.6. The third kappa shape index (κ3) is 22.8. The molecule has 25 nitrogen and oxygen atoms in total. The molecule has 1 spiro atoms. The van der Waals surface area contributed by atoms with Crippen LogP contribution >= 0.6 is 0 Å². The first kappa shape index (κ1) is 91.7. The van der Waals surface area contributed by atoms with Crippen LogP contribution < -0.4 is 16.0 Å². The third-order valence-corrected chi connectivity index (χ3v) is 24.2. The van der Waals surface area contributed by atoms with E-state index in [1.807, 2.05) is 6.92 Å². The molecule has 2 bridgehead atoms. The van der Waals surface area contributed by atoms with Crippen LogP contribution in [0.1, 0.15) is 196 Å². The number of likely N-dealkylation sites (N-methyl/N-ethyl adjacent to an activating group) is 7. The van der Waals surface area contributed by atoms with Crippen molar-refractivity contribution in [1.29, 1.82) is 0 Å². The first-order valence-electron chi connectivity index (χ1n) is 39.6. The smallest absolute Gasteiger partial charge is 0.377 e. The summed E-state index contributed by atoms with van der Waals surface area (Å²) in [5, 5.41) is 8.43. The summed E-state index contributed by atoms with van der Waals surface area (Å²) >= 11 is 0. The number of carbonyl (C=O) groups is 12. The summed E-state index contributed by atoms with van der Waals surface area (Å²) in [6.07, 6.45) is -12.2. The summed E-state index contributed by atoms with van der Waals surface area (Å²) in [7, 11) is 10.9. The van der Waals surface area contributed by atoms with Crippen molar-refractivity contribution in [3.05, 3.63) is 12.2 Å². The molecule has 0 aromatic rings. The van der Waals surface area contributed by atoms with Gasteiger partial charge in [-0.15, -0.1) is 0 Å². The molecular formula is C77H122F8N12O13. The Balaban J connectivity index is 1.49. The van der Waals surface area contributed by atoms with E-state index in [2.05, 4.69) is 16.0 Å². The van der Waals surface area contributed by atoms with Crippen LogP contribution in [-0.2, 0) is 62.3 Å². The number of nitrogens with zero attached hydrogens (tertiary/aromatic N) is 9. The largest absolute Gasteiger partial charge is 0.397 e. The summed E-state index contributed by atoms with van der Waals surface area (Å²) in [4.78, 5) is 192. The molecule has 0 aromatic heterocycles. The van der Waals surface area contributed by atoms with Gasteiger partial charge in [-0.2, -0.15) is 26.3 Å². The number of hydrogen-bond acceptors (Lipinski definition) is 13. The van der Waals surface area contributed by atoms with Crippen molar-refractivity contribution < 1.29 is 97.4 Å². The van der Waals surface area contributed by atoms with Gasteiger partial charge >= 0.3 is 12.4 Å². The summed E-state index contributed by atoms with van der Waals surface area (Å²) in [5.74, 6) is -17.0. The van der Waals surface area contributed by atoms with Gasteiger partial charge in [-0.1, -0.05) is 91.7 Å². The maximum Gasteiger partial charge on any atom is 0.397 e.